The molecule has 1 amide bonds. The normalized spacial score (nSPS) is 16.4. The zero-order valence-electron chi connectivity index (χ0n) is 18.5. The van der Waals surface area contributed by atoms with Crippen molar-refractivity contribution in [3.05, 3.63) is 42.7 Å². The number of ether oxygens (including phenoxy) is 2. The molecule has 1 aromatic heterocycles. The summed E-state index contributed by atoms with van der Waals surface area (Å²) < 4.78 is 13.2. The monoisotopic (exact) mass is 444 g/mol. The van der Waals surface area contributed by atoms with Crippen LogP contribution in [-0.2, 0) is 11.3 Å². The molecule has 1 fully saturated rings. The lowest BCUT2D eigenvalue weighted by atomic mass is 9.95. The number of nitrogens with zero attached hydrogens (tertiary/aromatic N) is 3. The van der Waals surface area contributed by atoms with Crippen LogP contribution in [0.3, 0.4) is 0 Å². The summed E-state index contributed by atoms with van der Waals surface area (Å²) >= 11 is 1.41. The molecule has 3 rings (SSSR count). The van der Waals surface area contributed by atoms with Crippen LogP contribution >= 0.6 is 11.8 Å². The Hall–Kier alpha value is -2.48. The Kier molecular flexibility index (Phi) is 8.40. The van der Waals surface area contributed by atoms with Crippen molar-refractivity contribution in [2.24, 2.45) is 0 Å². The lowest BCUT2D eigenvalue weighted by Gasteiger charge is -2.24. The van der Waals surface area contributed by atoms with Gasteiger partial charge in [-0.05, 0) is 51.0 Å². The van der Waals surface area contributed by atoms with Crippen LogP contribution in [0.15, 0.2) is 42.1 Å². The standard InChI is InChI=1S/C23H32N4O3S/c1-5-15-27-21(16(2)30-20-13-11-19(29-4)12-14-20)25-26-23(27)31-17(3)22(28)24-18-9-7-6-8-10-18/h5,11-14,16-18H,1,6-10,15H2,2-4H3,(H,24,28). The minimum atomic E-state index is -0.318. The number of carbonyl (C=O) groups is 1. The van der Waals surface area contributed by atoms with E-state index in [9.17, 15) is 4.79 Å². The minimum absolute atomic E-state index is 0.0501. The molecule has 0 saturated heterocycles. The number of hydrogen-bond acceptors (Lipinski definition) is 6. The predicted octanol–water partition coefficient (Wildman–Crippen LogP) is 4.54. The molecule has 2 unspecified atom stereocenters. The van der Waals surface area contributed by atoms with Crippen LogP contribution in [0.5, 0.6) is 11.5 Å². The van der Waals surface area contributed by atoms with Crippen molar-refractivity contribution in [3.63, 3.8) is 0 Å². The van der Waals surface area contributed by atoms with Crippen LogP contribution in [0.1, 0.15) is 57.9 Å². The topological polar surface area (TPSA) is 78.3 Å². The summed E-state index contributed by atoms with van der Waals surface area (Å²) in [4.78, 5) is 12.7. The first kappa shape index (κ1) is 23.2. The molecule has 0 aliphatic heterocycles. The fourth-order valence-corrected chi connectivity index (χ4v) is 4.55. The molecule has 0 radical (unpaired) electrons. The van der Waals surface area contributed by atoms with Gasteiger partial charge in [0.05, 0.1) is 12.4 Å². The first-order valence-corrected chi connectivity index (χ1v) is 11.7. The zero-order chi connectivity index (χ0) is 22.2. The van der Waals surface area contributed by atoms with Crippen molar-refractivity contribution in [2.45, 2.75) is 75.0 Å². The lowest BCUT2D eigenvalue weighted by Crippen LogP contribution is -2.40. The van der Waals surface area contributed by atoms with Gasteiger partial charge < -0.3 is 14.8 Å². The number of hydrogen-bond donors (Lipinski definition) is 1. The van der Waals surface area contributed by atoms with Gasteiger partial charge in [0.25, 0.3) is 0 Å². The van der Waals surface area contributed by atoms with E-state index >= 15 is 0 Å². The van der Waals surface area contributed by atoms with Gasteiger partial charge in [0, 0.05) is 12.6 Å². The van der Waals surface area contributed by atoms with Gasteiger partial charge in [-0.3, -0.25) is 9.36 Å². The molecule has 31 heavy (non-hydrogen) atoms. The Morgan fingerprint density at radius 3 is 2.55 bits per heavy atom. The fraction of sp³-hybridized carbons (Fsp3) is 0.522. The van der Waals surface area contributed by atoms with Crippen molar-refractivity contribution >= 4 is 17.7 Å². The number of thioether (sulfide) groups is 1. The van der Waals surface area contributed by atoms with Gasteiger partial charge in [0.2, 0.25) is 5.91 Å². The van der Waals surface area contributed by atoms with Crippen molar-refractivity contribution < 1.29 is 14.3 Å². The quantitative estimate of drug-likeness (QED) is 0.428. The van der Waals surface area contributed by atoms with Crippen molar-refractivity contribution in [2.75, 3.05) is 7.11 Å². The van der Waals surface area contributed by atoms with Crippen molar-refractivity contribution in [3.8, 4) is 11.5 Å². The molecule has 0 spiro atoms. The molecule has 8 heteroatoms. The second kappa shape index (κ2) is 11.2. The molecule has 1 N–H and O–H groups in total. The molecule has 1 aromatic carbocycles. The van der Waals surface area contributed by atoms with Gasteiger partial charge >= 0.3 is 0 Å². The third-order valence-electron chi connectivity index (χ3n) is 5.40. The Bertz CT molecular complexity index is 862. The van der Waals surface area contributed by atoms with E-state index in [4.69, 9.17) is 9.47 Å². The second-order valence-corrected chi connectivity index (χ2v) is 9.09. The summed E-state index contributed by atoms with van der Waals surface area (Å²) in [7, 11) is 1.63. The van der Waals surface area contributed by atoms with E-state index < -0.39 is 0 Å². The highest BCUT2D eigenvalue weighted by Crippen LogP contribution is 2.28. The maximum absolute atomic E-state index is 12.7. The van der Waals surface area contributed by atoms with Gasteiger partial charge in [0.15, 0.2) is 17.1 Å². The summed E-state index contributed by atoms with van der Waals surface area (Å²) in [6.45, 7) is 8.23. The summed E-state index contributed by atoms with van der Waals surface area (Å²) in [5.41, 5.74) is 0. The highest BCUT2D eigenvalue weighted by atomic mass is 32.2. The molecule has 168 valence electrons. The number of aromatic nitrogens is 3. The first-order valence-electron chi connectivity index (χ1n) is 10.8. The van der Waals surface area contributed by atoms with Gasteiger partial charge in [-0.25, -0.2) is 0 Å². The first-order chi connectivity index (χ1) is 15.0. The van der Waals surface area contributed by atoms with Crippen LogP contribution in [-0.4, -0.2) is 39.1 Å². The number of rotatable bonds is 10. The molecule has 7 nitrogen and oxygen atoms in total. The maximum Gasteiger partial charge on any atom is 0.233 e. The summed E-state index contributed by atoms with van der Waals surface area (Å²) in [6, 6.07) is 7.71. The number of amides is 1. The Morgan fingerprint density at radius 2 is 1.90 bits per heavy atom. The molecule has 0 bridgehead atoms. The summed E-state index contributed by atoms with van der Waals surface area (Å²) in [5.74, 6) is 2.23. The third-order valence-corrected chi connectivity index (χ3v) is 6.48. The summed E-state index contributed by atoms with van der Waals surface area (Å²) in [5, 5.41) is 12.3. The van der Waals surface area contributed by atoms with Crippen LogP contribution in [0.4, 0.5) is 0 Å². The molecule has 2 atom stereocenters. The molecule has 1 aliphatic carbocycles. The molecular formula is C23H32N4O3S. The molecule has 2 aromatic rings. The van der Waals surface area contributed by atoms with E-state index in [2.05, 4.69) is 22.1 Å². The Labute approximate surface area is 188 Å². The average molecular weight is 445 g/mol. The number of nitrogens with one attached hydrogen (secondary N) is 1. The van der Waals surface area contributed by atoms with Crippen molar-refractivity contribution in [1.82, 2.24) is 20.1 Å². The van der Waals surface area contributed by atoms with E-state index in [1.807, 2.05) is 42.7 Å². The smallest absolute Gasteiger partial charge is 0.233 e. The van der Waals surface area contributed by atoms with Crippen LogP contribution in [0.2, 0.25) is 0 Å². The van der Waals surface area contributed by atoms with E-state index in [0.29, 0.717) is 23.6 Å². The molecule has 1 saturated carbocycles. The van der Waals surface area contributed by atoms with E-state index in [1.54, 1.807) is 13.2 Å². The average Bonchev–Trinajstić information content (AvgIpc) is 3.17. The van der Waals surface area contributed by atoms with Crippen LogP contribution in [0, 0.1) is 0 Å². The lowest BCUT2D eigenvalue weighted by molar-refractivity contribution is -0.121. The highest BCUT2D eigenvalue weighted by molar-refractivity contribution is 8.00. The maximum atomic E-state index is 12.7. The third kappa shape index (κ3) is 6.26. The van der Waals surface area contributed by atoms with E-state index in [-0.39, 0.29) is 17.3 Å². The largest absolute Gasteiger partial charge is 0.497 e. The van der Waals surface area contributed by atoms with E-state index in [0.717, 1.165) is 24.3 Å². The predicted molar refractivity (Wildman–Crippen MR) is 123 cm³/mol. The SMILES string of the molecule is C=CCn1c(SC(C)C(=O)NC2CCCCC2)nnc1C(C)Oc1ccc(OC)cc1. The Morgan fingerprint density at radius 1 is 1.23 bits per heavy atom. The molecular weight excluding hydrogens is 412 g/mol. The summed E-state index contributed by atoms with van der Waals surface area (Å²) in [6.07, 6.45) is 7.26. The van der Waals surface area contributed by atoms with Crippen LogP contribution in [0.25, 0.3) is 0 Å². The highest BCUT2D eigenvalue weighted by Gasteiger charge is 2.24. The van der Waals surface area contributed by atoms with Gasteiger partial charge in [-0.1, -0.05) is 37.1 Å². The Balaban J connectivity index is 1.66. The van der Waals surface area contributed by atoms with Gasteiger partial charge in [0.1, 0.15) is 11.5 Å². The van der Waals surface area contributed by atoms with Crippen LogP contribution < -0.4 is 14.8 Å². The van der Waals surface area contributed by atoms with E-state index in [1.165, 1.54) is 31.0 Å². The van der Waals surface area contributed by atoms with Gasteiger partial charge in [-0.15, -0.1) is 16.8 Å². The number of benzene rings is 1. The number of allylic oxidation sites excluding steroid dienone is 1. The number of methoxy groups -OCH3 is 1. The zero-order valence-corrected chi connectivity index (χ0v) is 19.4. The number of carbonyl (C=O) groups excluding carboxylic acids is 1. The second-order valence-electron chi connectivity index (χ2n) is 7.78. The minimum Gasteiger partial charge on any atom is -0.497 e. The van der Waals surface area contributed by atoms with Crippen molar-refractivity contribution in [1.29, 1.82) is 0 Å². The molecule has 1 heterocycles. The van der Waals surface area contributed by atoms with Gasteiger partial charge in [-0.2, -0.15) is 0 Å². The fourth-order valence-electron chi connectivity index (χ4n) is 3.68. The molecule has 1 aliphatic rings.